The number of hydrogen-bond donors (Lipinski definition) is 1. The molecule has 5 heteroatoms. The molecule has 20 heavy (non-hydrogen) atoms. The molecule has 0 amide bonds. The van der Waals surface area contributed by atoms with E-state index in [1.165, 1.54) is 5.56 Å². The van der Waals surface area contributed by atoms with Gasteiger partial charge in [0.1, 0.15) is 0 Å². The molecule has 1 atom stereocenters. The Morgan fingerprint density at radius 3 is 2.75 bits per heavy atom. The van der Waals surface area contributed by atoms with E-state index >= 15 is 0 Å². The van der Waals surface area contributed by atoms with Gasteiger partial charge in [0.05, 0.1) is 22.1 Å². The SMILES string of the molecule is CC(c1cccc(Br)c1)n1c(=S)[nH]c2cccc(Cl)c21. The summed E-state index contributed by atoms with van der Waals surface area (Å²) in [7, 11) is 0. The molecular weight excluding hydrogens is 356 g/mol. The van der Waals surface area contributed by atoms with E-state index < -0.39 is 0 Å². The van der Waals surface area contributed by atoms with E-state index in [1.807, 2.05) is 30.3 Å². The molecule has 1 aromatic heterocycles. The lowest BCUT2D eigenvalue weighted by atomic mass is 10.1. The van der Waals surface area contributed by atoms with E-state index in [4.69, 9.17) is 23.8 Å². The molecule has 0 aliphatic heterocycles. The maximum Gasteiger partial charge on any atom is 0.178 e. The van der Waals surface area contributed by atoms with Crippen molar-refractivity contribution in [3.63, 3.8) is 0 Å². The summed E-state index contributed by atoms with van der Waals surface area (Å²) in [6.07, 6.45) is 0. The van der Waals surface area contributed by atoms with Crippen LogP contribution in [0.2, 0.25) is 5.02 Å². The second-order valence-corrected chi connectivity index (χ2v) is 6.38. The van der Waals surface area contributed by atoms with Gasteiger partial charge in [0.25, 0.3) is 0 Å². The number of para-hydroxylation sites is 1. The summed E-state index contributed by atoms with van der Waals surface area (Å²) < 4.78 is 3.80. The Morgan fingerprint density at radius 1 is 1.25 bits per heavy atom. The van der Waals surface area contributed by atoms with Crippen molar-refractivity contribution >= 4 is 50.8 Å². The Hall–Kier alpha value is -1.10. The lowest BCUT2D eigenvalue weighted by Gasteiger charge is -2.16. The van der Waals surface area contributed by atoms with Crippen LogP contribution in [0.15, 0.2) is 46.9 Å². The fraction of sp³-hybridized carbons (Fsp3) is 0.133. The number of H-pyrrole nitrogens is 1. The first-order valence-electron chi connectivity index (χ1n) is 6.22. The maximum atomic E-state index is 6.34. The van der Waals surface area contributed by atoms with Crippen molar-refractivity contribution in [2.24, 2.45) is 0 Å². The van der Waals surface area contributed by atoms with E-state index in [2.05, 4.69) is 44.5 Å². The number of benzene rings is 2. The van der Waals surface area contributed by atoms with Gasteiger partial charge >= 0.3 is 0 Å². The van der Waals surface area contributed by atoms with Crippen molar-refractivity contribution < 1.29 is 0 Å². The Morgan fingerprint density at radius 2 is 2.00 bits per heavy atom. The van der Waals surface area contributed by atoms with Crippen LogP contribution in [0.4, 0.5) is 0 Å². The Kier molecular flexibility index (Phi) is 3.71. The minimum absolute atomic E-state index is 0.105. The summed E-state index contributed by atoms with van der Waals surface area (Å²) >= 11 is 15.3. The molecule has 0 aliphatic carbocycles. The fourth-order valence-electron chi connectivity index (χ4n) is 2.42. The summed E-state index contributed by atoms with van der Waals surface area (Å²) in [5.41, 5.74) is 3.09. The van der Waals surface area contributed by atoms with Crippen LogP contribution >= 0.6 is 39.7 Å². The van der Waals surface area contributed by atoms with Crippen molar-refractivity contribution in [3.05, 3.63) is 62.3 Å². The highest BCUT2D eigenvalue weighted by Gasteiger charge is 2.15. The highest BCUT2D eigenvalue weighted by atomic mass is 79.9. The first-order valence-corrected chi connectivity index (χ1v) is 7.80. The van der Waals surface area contributed by atoms with Gasteiger partial charge in [0.15, 0.2) is 4.77 Å². The van der Waals surface area contributed by atoms with Crippen molar-refractivity contribution in [2.75, 3.05) is 0 Å². The molecule has 2 aromatic carbocycles. The third-order valence-electron chi connectivity index (χ3n) is 3.41. The van der Waals surface area contributed by atoms with Crippen molar-refractivity contribution in [2.45, 2.75) is 13.0 Å². The van der Waals surface area contributed by atoms with E-state index in [0.717, 1.165) is 15.5 Å². The smallest absolute Gasteiger partial charge is 0.178 e. The number of hydrogen-bond acceptors (Lipinski definition) is 1. The van der Waals surface area contributed by atoms with Crippen LogP contribution in [0, 0.1) is 4.77 Å². The normalized spacial score (nSPS) is 12.8. The minimum atomic E-state index is 0.105. The zero-order valence-electron chi connectivity index (χ0n) is 10.7. The molecule has 1 N–H and O–H groups in total. The number of aromatic amines is 1. The van der Waals surface area contributed by atoms with Gasteiger partial charge in [-0.3, -0.25) is 0 Å². The molecule has 2 nitrogen and oxygen atoms in total. The van der Waals surface area contributed by atoms with E-state index in [1.54, 1.807) is 0 Å². The van der Waals surface area contributed by atoms with Crippen molar-refractivity contribution in [1.82, 2.24) is 9.55 Å². The van der Waals surface area contributed by atoms with Gasteiger partial charge in [0, 0.05) is 4.47 Å². The molecule has 102 valence electrons. The molecule has 0 spiro atoms. The second kappa shape index (κ2) is 5.35. The predicted octanol–water partition coefficient (Wildman–Crippen LogP) is 5.72. The minimum Gasteiger partial charge on any atom is -0.331 e. The third kappa shape index (κ3) is 2.32. The second-order valence-electron chi connectivity index (χ2n) is 4.67. The van der Waals surface area contributed by atoms with E-state index in [0.29, 0.717) is 9.79 Å². The van der Waals surface area contributed by atoms with Gasteiger partial charge in [0.2, 0.25) is 0 Å². The first-order chi connectivity index (χ1) is 9.58. The highest BCUT2D eigenvalue weighted by molar-refractivity contribution is 9.10. The van der Waals surface area contributed by atoms with Crippen LogP contribution in [-0.2, 0) is 0 Å². The number of aromatic nitrogens is 2. The van der Waals surface area contributed by atoms with Gasteiger partial charge in [-0.15, -0.1) is 0 Å². The zero-order valence-corrected chi connectivity index (χ0v) is 13.9. The Bertz CT molecular complexity index is 837. The van der Waals surface area contributed by atoms with E-state index in [9.17, 15) is 0 Å². The van der Waals surface area contributed by atoms with Crippen molar-refractivity contribution in [3.8, 4) is 0 Å². The van der Waals surface area contributed by atoms with Gasteiger partial charge in [-0.25, -0.2) is 0 Å². The van der Waals surface area contributed by atoms with Crippen LogP contribution in [-0.4, -0.2) is 9.55 Å². The quantitative estimate of drug-likeness (QED) is 0.574. The molecule has 1 heterocycles. The summed E-state index contributed by atoms with van der Waals surface area (Å²) in [5.74, 6) is 0. The largest absolute Gasteiger partial charge is 0.331 e. The van der Waals surface area contributed by atoms with E-state index in [-0.39, 0.29) is 6.04 Å². The molecular formula is C15H12BrClN2S. The lowest BCUT2D eigenvalue weighted by molar-refractivity contribution is 0.649. The number of halogens is 2. The molecule has 3 rings (SSSR count). The third-order valence-corrected chi connectivity index (χ3v) is 4.50. The summed E-state index contributed by atoms with van der Waals surface area (Å²) in [6, 6.07) is 14.1. The summed E-state index contributed by atoms with van der Waals surface area (Å²) in [4.78, 5) is 3.21. The molecule has 1 unspecified atom stereocenters. The van der Waals surface area contributed by atoms with Gasteiger partial charge in [-0.1, -0.05) is 45.7 Å². The van der Waals surface area contributed by atoms with Crippen LogP contribution < -0.4 is 0 Å². The zero-order chi connectivity index (χ0) is 14.3. The van der Waals surface area contributed by atoms with Crippen LogP contribution in [0.3, 0.4) is 0 Å². The standard InChI is InChI=1S/C15H12BrClN2S/c1-9(10-4-2-5-11(16)8-10)19-14-12(17)6-3-7-13(14)18-15(19)20/h2-9H,1H3,(H,18,20). The lowest BCUT2D eigenvalue weighted by Crippen LogP contribution is -2.07. The van der Waals surface area contributed by atoms with Gasteiger partial charge in [-0.2, -0.15) is 0 Å². The fourth-order valence-corrected chi connectivity index (χ4v) is 3.46. The summed E-state index contributed by atoms with van der Waals surface area (Å²) in [6.45, 7) is 2.12. The van der Waals surface area contributed by atoms with Crippen LogP contribution in [0.1, 0.15) is 18.5 Å². The monoisotopic (exact) mass is 366 g/mol. The molecule has 3 aromatic rings. The van der Waals surface area contributed by atoms with Crippen LogP contribution in [0.5, 0.6) is 0 Å². The number of nitrogens with one attached hydrogen (secondary N) is 1. The van der Waals surface area contributed by atoms with Crippen molar-refractivity contribution in [1.29, 1.82) is 0 Å². The number of nitrogens with zero attached hydrogens (tertiary/aromatic N) is 1. The number of imidazole rings is 1. The first kappa shape index (κ1) is 13.9. The average molecular weight is 368 g/mol. The number of rotatable bonds is 2. The summed E-state index contributed by atoms with van der Waals surface area (Å²) in [5, 5.41) is 0.705. The highest BCUT2D eigenvalue weighted by Crippen LogP contribution is 2.30. The number of fused-ring (bicyclic) bond motifs is 1. The Balaban J connectivity index is 2.24. The van der Waals surface area contributed by atoms with Crippen LogP contribution in [0.25, 0.3) is 11.0 Å². The molecule has 0 radical (unpaired) electrons. The molecule has 0 saturated carbocycles. The Labute approximate surface area is 135 Å². The molecule has 0 fully saturated rings. The topological polar surface area (TPSA) is 20.7 Å². The van der Waals surface area contributed by atoms with Gasteiger partial charge in [-0.05, 0) is 49.0 Å². The average Bonchev–Trinajstić information content (AvgIpc) is 2.75. The molecule has 0 bridgehead atoms. The predicted molar refractivity (Wildman–Crippen MR) is 90.1 cm³/mol. The van der Waals surface area contributed by atoms with Gasteiger partial charge < -0.3 is 9.55 Å². The molecule has 0 aliphatic rings. The molecule has 0 saturated heterocycles. The maximum absolute atomic E-state index is 6.34.